The van der Waals surface area contributed by atoms with Crippen molar-refractivity contribution in [1.29, 1.82) is 0 Å². The monoisotopic (exact) mass is 445 g/mol. The number of ether oxygens (including phenoxy) is 1. The molecule has 0 spiro atoms. The number of pyridine rings is 1. The third-order valence-corrected chi connectivity index (χ3v) is 6.79. The quantitative estimate of drug-likeness (QED) is 0.454. The van der Waals surface area contributed by atoms with Crippen molar-refractivity contribution >= 4 is 21.9 Å². The molecule has 1 saturated heterocycles. The summed E-state index contributed by atoms with van der Waals surface area (Å²) < 4.78 is 7.60. The number of methoxy groups -OCH3 is 1. The highest BCUT2D eigenvalue weighted by atomic mass is 16.5. The van der Waals surface area contributed by atoms with Crippen LogP contribution in [0.25, 0.3) is 21.9 Å². The molecule has 5 rings (SSSR count). The molecule has 0 saturated carbocycles. The highest BCUT2D eigenvalue weighted by Gasteiger charge is 2.23. The van der Waals surface area contributed by atoms with E-state index in [1.807, 2.05) is 30.3 Å². The number of benzene rings is 2. The number of nitrogens with one attached hydrogen (secondary N) is 1. The lowest BCUT2D eigenvalue weighted by Crippen LogP contribution is -2.43. The van der Waals surface area contributed by atoms with Crippen molar-refractivity contribution in [2.24, 2.45) is 7.05 Å². The Morgan fingerprint density at radius 1 is 1.12 bits per heavy atom. The first-order valence-electron chi connectivity index (χ1n) is 11.6. The summed E-state index contributed by atoms with van der Waals surface area (Å²) in [7, 11) is 3.72. The van der Waals surface area contributed by atoms with Gasteiger partial charge >= 0.3 is 0 Å². The number of β-amino-alcohol motifs (C(OH)–C–C–N with tert-alkyl or cyclic N) is 1. The first-order valence-corrected chi connectivity index (χ1v) is 11.6. The van der Waals surface area contributed by atoms with Crippen LogP contribution in [0, 0.1) is 0 Å². The second-order valence-corrected chi connectivity index (χ2v) is 8.80. The Bertz CT molecular complexity index is 1250. The van der Waals surface area contributed by atoms with Gasteiger partial charge in [0.25, 0.3) is 0 Å². The zero-order valence-electron chi connectivity index (χ0n) is 19.2. The number of aliphatic hydroxyl groups is 1. The van der Waals surface area contributed by atoms with E-state index in [2.05, 4.69) is 45.0 Å². The topological polar surface area (TPSA) is 75.4 Å². The van der Waals surface area contributed by atoms with Crippen LogP contribution < -0.4 is 10.1 Å². The third-order valence-electron chi connectivity index (χ3n) is 6.79. The summed E-state index contributed by atoms with van der Waals surface area (Å²) in [5.41, 5.74) is 3.91. The summed E-state index contributed by atoms with van der Waals surface area (Å²) in [4.78, 5) is 11.6. The molecule has 1 atom stereocenters. The van der Waals surface area contributed by atoms with Gasteiger partial charge in [-0.2, -0.15) is 0 Å². The van der Waals surface area contributed by atoms with E-state index in [1.54, 1.807) is 13.3 Å². The average molecular weight is 446 g/mol. The van der Waals surface area contributed by atoms with Crippen LogP contribution >= 0.6 is 0 Å². The molecule has 2 aromatic carbocycles. The molecule has 1 aliphatic rings. The fraction of sp³-hybridized carbons (Fsp3) is 0.385. The van der Waals surface area contributed by atoms with Crippen LogP contribution in [-0.2, 0) is 13.6 Å². The van der Waals surface area contributed by atoms with E-state index in [0.717, 1.165) is 66.0 Å². The molecule has 0 bridgehead atoms. The lowest BCUT2D eigenvalue weighted by molar-refractivity contribution is 0.0948. The van der Waals surface area contributed by atoms with Crippen LogP contribution in [0.1, 0.15) is 30.3 Å². The van der Waals surface area contributed by atoms with E-state index < -0.39 is 6.10 Å². The molecule has 172 valence electrons. The van der Waals surface area contributed by atoms with Crippen molar-refractivity contribution in [2.75, 3.05) is 26.7 Å². The average Bonchev–Trinajstić information content (AvgIpc) is 3.18. The predicted octanol–water partition coefficient (Wildman–Crippen LogP) is 3.42. The molecule has 0 radical (unpaired) electrons. The molecule has 1 aliphatic heterocycles. The second-order valence-electron chi connectivity index (χ2n) is 8.80. The van der Waals surface area contributed by atoms with Gasteiger partial charge in [0.1, 0.15) is 17.1 Å². The molecular weight excluding hydrogens is 414 g/mol. The summed E-state index contributed by atoms with van der Waals surface area (Å²) in [6.45, 7) is 3.31. The number of piperidine rings is 1. The third kappa shape index (κ3) is 4.44. The van der Waals surface area contributed by atoms with Gasteiger partial charge in [-0.25, -0.2) is 4.98 Å². The number of aliphatic hydroxyl groups excluding tert-OH is 1. The predicted molar refractivity (Wildman–Crippen MR) is 130 cm³/mol. The number of imidazole rings is 1. The molecule has 0 amide bonds. The van der Waals surface area contributed by atoms with Crippen LogP contribution in [-0.4, -0.2) is 57.3 Å². The minimum Gasteiger partial charge on any atom is -0.494 e. The van der Waals surface area contributed by atoms with E-state index in [1.165, 1.54) is 5.52 Å². The number of nitrogens with zero attached hydrogens (tertiary/aromatic N) is 4. The molecule has 0 aliphatic carbocycles. The Morgan fingerprint density at radius 3 is 2.73 bits per heavy atom. The molecule has 2 aromatic heterocycles. The van der Waals surface area contributed by atoms with Crippen LogP contribution in [0.4, 0.5) is 0 Å². The van der Waals surface area contributed by atoms with Crippen LogP contribution in [0.15, 0.2) is 54.7 Å². The highest BCUT2D eigenvalue weighted by molar-refractivity contribution is 5.87. The van der Waals surface area contributed by atoms with Gasteiger partial charge < -0.3 is 24.6 Å². The van der Waals surface area contributed by atoms with Crippen molar-refractivity contribution in [3.63, 3.8) is 0 Å². The molecular formula is C26H31N5O2. The zero-order chi connectivity index (χ0) is 22.8. The van der Waals surface area contributed by atoms with Gasteiger partial charge in [0.15, 0.2) is 0 Å². The van der Waals surface area contributed by atoms with Gasteiger partial charge in [0, 0.05) is 31.2 Å². The molecule has 4 aromatic rings. The summed E-state index contributed by atoms with van der Waals surface area (Å²) >= 11 is 0. The Kier molecular flexibility index (Phi) is 6.26. The molecule has 2 N–H and O–H groups in total. The number of hydrogen-bond acceptors (Lipinski definition) is 6. The van der Waals surface area contributed by atoms with Crippen LogP contribution in [0.5, 0.6) is 5.75 Å². The Morgan fingerprint density at radius 2 is 1.94 bits per heavy atom. The lowest BCUT2D eigenvalue weighted by Gasteiger charge is -2.33. The van der Waals surface area contributed by atoms with Crippen molar-refractivity contribution < 1.29 is 9.84 Å². The minimum absolute atomic E-state index is 0.462. The summed E-state index contributed by atoms with van der Waals surface area (Å²) in [5, 5.41) is 15.7. The Hall–Kier alpha value is -3.00. The van der Waals surface area contributed by atoms with E-state index in [-0.39, 0.29) is 0 Å². The summed E-state index contributed by atoms with van der Waals surface area (Å²) in [6.07, 6.45) is 3.30. The summed E-state index contributed by atoms with van der Waals surface area (Å²) in [5.74, 6) is 1.79. The SMILES string of the molecule is COc1cccc2c([C@@H](O)CN3CCC(NCc4nc5ccccc5n4C)CC3)ccnc12. The highest BCUT2D eigenvalue weighted by Crippen LogP contribution is 2.29. The van der Waals surface area contributed by atoms with Gasteiger partial charge in [0.05, 0.1) is 30.8 Å². The number of aromatic nitrogens is 3. The molecule has 7 nitrogen and oxygen atoms in total. The largest absolute Gasteiger partial charge is 0.494 e. The number of rotatable bonds is 7. The van der Waals surface area contributed by atoms with Crippen molar-refractivity contribution in [3.05, 3.63) is 66.1 Å². The first kappa shape index (κ1) is 21.8. The molecule has 33 heavy (non-hydrogen) atoms. The smallest absolute Gasteiger partial charge is 0.145 e. The van der Waals surface area contributed by atoms with E-state index in [0.29, 0.717) is 12.6 Å². The van der Waals surface area contributed by atoms with Gasteiger partial charge in [-0.1, -0.05) is 24.3 Å². The van der Waals surface area contributed by atoms with E-state index in [9.17, 15) is 5.11 Å². The van der Waals surface area contributed by atoms with Gasteiger partial charge in [-0.15, -0.1) is 0 Å². The van der Waals surface area contributed by atoms with E-state index >= 15 is 0 Å². The van der Waals surface area contributed by atoms with Gasteiger partial charge in [0.2, 0.25) is 0 Å². The second kappa shape index (κ2) is 9.47. The molecule has 1 fully saturated rings. The fourth-order valence-corrected chi connectivity index (χ4v) is 4.88. The van der Waals surface area contributed by atoms with Crippen molar-refractivity contribution in [2.45, 2.75) is 31.5 Å². The Balaban J connectivity index is 1.17. The van der Waals surface area contributed by atoms with Gasteiger partial charge in [-0.3, -0.25) is 4.98 Å². The van der Waals surface area contributed by atoms with E-state index in [4.69, 9.17) is 9.72 Å². The molecule has 7 heteroatoms. The summed E-state index contributed by atoms with van der Waals surface area (Å²) in [6, 6.07) is 16.5. The number of fused-ring (bicyclic) bond motifs is 2. The number of para-hydroxylation sites is 3. The van der Waals surface area contributed by atoms with Crippen molar-refractivity contribution in [3.8, 4) is 5.75 Å². The van der Waals surface area contributed by atoms with Crippen LogP contribution in [0.2, 0.25) is 0 Å². The minimum atomic E-state index is -0.563. The number of aryl methyl sites for hydroxylation is 1. The molecule has 0 unspecified atom stereocenters. The molecule has 3 heterocycles. The Labute approximate surface area is 194 Å². The lowest BCUT2D eigenvalue weighted by atomic mass is 10.0. The fourth-order valence-electron chi connectivity index (χ4n) is 4.88. The maximum atomic E-state index is 11.0. The number of likely N-dealkylation sites (tertiary alicyclic amines) is 1. The zero-order valence-corrected chi connectivity index (χ0v) is 19.2. The maximum absolute atomic E-state index is 11.0. The first-order chi connectivity index (χ1) is 16.1. The van der Waals surface area contributed by atoms with Crippen LogP contribution in [0.3, 0.4) is 0 Å². The number of hydrogen-bond donors (Lipinski definition) is 2. The normalized spacial score (nSPS) is 16.5. The van der Waals surface area contributed by atoms with Gasteiger partial charge in [-0.05, 0) is 55.8 Å². The van der Waals surface area contributed by atoms with Crippen molar-refractivity contribution in [1.82, 2.24) is 24.8 Å². The maximum Gasteiger partial charge on any atom is 0.145 e. The standard InChI is InChI=1S/C26H31N5O2/c1-30-22-8-4-3-7-21(22)29-25(30)16-28-18-11-14-31(15-12-18)17-23(32)19-10-13-27-26-20(19)6-5-9-24(26)33-2/h3-10,13,18,23,28,32H,11-12,14-17H2,1-2H3/t23-/m0/s1.